The zero-order chi connectivity index (χ0) is 12.9. The Morgan fingerprint density at radius 3 is 2.95 bits per heavy atom. The maximum Gasteiger partial charge on any atom is 0.0734 e. The van der Waals surface area contributed by atoms with Gasteiger partial charge in [0.1, 0.15) is 0 Å². The Morgan fingerprint density at radius 1 is 1.11 bits per heavy atom. The molecule has 96 valence electrons. The number of para-hydroxylation sites is 1. The van der Waals surface area contributed by atoms with Gasteiger partial charge in [-0.15, -0.1) is 0 Å². The fourth-order valence-corrected chi connectivity index (χ4v) is 2.29. The lowest BCUT2D eigenvalue weighted by Gasteiger charge is -2.06. The van der Waals surface area contributed by atoms with Gasteiger partial charge in [-0.25, -0.2) is 0 Å². The van der Waals surface area contributed by atoms with Crippen LogP contribution in [0.2, 0.25) is 0 Å². The lowest BCUT2D eigenvalue weighted by Crippen LogP contribution is -2.16. The number of hydrogen-bond acceptors (Lipinski definition) is 2. The van der Waals surface area contributed by atoms with Crippen molar-refractivity contribution in [3.05, 3.63) is 66.1 Å². The van der Waals surface area contributed by atoms with Crippen LogP contribution in [0.25, 0.3) is 10.9 Å². The number of H-pyrrole nitrogens is 1. The molecule has 19 heavy (non-hydrogen) atoms. The van der Waals surface area contributed by atoms with Gasteiger partial charge in [0.05, 0.1) is 5.52 Å². The molecular weight excluding hydrogens is 234 g/mol. The molecule has 0 aliphatic carbocycles. The summed E-state index contributed by atoms with van der Waals surface area (Å²) in [4.78, 5) is 7.54. The zero-order valence-corrected chi connectivity index (χ0v) is 10.8. The number of rotatable bonds is 5. The summed E-state index contributed by atoms with van der Waals surface area (Å²) in [5.74, 6) is 0. The van der Waals surface area contributed by atoms with E-state index in [0.717, 1.165) is 25.0 Å². The summed E-state index contributed by atoms with van der Waals surface area (Å²) in [5.41, 5.74) is 3.71. The molecule has 0 amide bonds. The Hall–Kier alpha value is -2.13. The molecule has 3 nitrogen and oxygen atoms in total. The molecule has 0 fully saturated rings. The number of aromatic amines is 1. The largest absolute Gasteiger partial charge is 0.367 e. The van der Waals surface area contributed by atoms with Gasteiger partial charge in [0, 0.05) is 30.5 Å². The molecule has 3 heteroatoms. The summed E-state index contributed by atoms with van der Waals surface area (Å²) in [5, 5.41) is 4.67. The quantitative estimate of drug-likeness (QED) is 0.685. The minimum Gasteiger partial charge on any atom is -0.367 e. The van der Waals surface area contributed by atoms with Crippen LogP contribution in [0.1, 0.15) is 11.1 Å². The minimum absolute atomic E-state index is 0.904. The Morgan fingerprint density at radius 2 is 2.05 bits per heavy atom. The first-order valence-electron chi connectivity index (χ1n) is 6.58. The van der Waals surface area contributed by atoms with Crippen molar-refractivity contribution >= 4 is 10.9 Å². The van der Waals surface area contributed by atoms with Crippen molar-refractivity contribution in [3.63, 3.8) is 0 Å². The molecule has 0 saturated heterocycles. The third kappa shape index (κ3) is 2.83. The molecular formula is C16H17N3. The highest BCUT2D eigenvalue weighted by Crippen LogP contribution is 2.15. The third-order valence-electron chi connectivity index (χ3n) is 3.28. The SMILES string of the molecule is c1cnc2c(CCNCc3cc[nH]c3)cccc2c1. The monoisotopic (exact) mass is 251 g/mol. The van der Waals surface area contributed by atoms with Crippen molar-refractivity contribution in [3.8, 4) is 0 Å². The van der Waals surface area contributed by atoms with Crippen LogP contribution >= 0.6 is 0 Å². The number of benzene rings is 1. The average Bonchev–Trinajstić information content (AvgIpc) is 2.97. The van der Waals surface area contributed by atoms with Gasteiger partial charge in [0.2, 0.25) is 0 Å². The lowest BCUT2D eigenvalue weighted by atomic mass is 10.1. The topological polar surface area (TPSA) is 40.7 Å². The van der Waals surface area contributed by atoms with Crippen molar-refractivity contribution in [2.24, 2.45) is 0 Å². The molecule has 1 aromatic carbocycles. The number of fused-ring (bicyclic) bond motifs is 1. The van der Waals surface area contributed by atoms with Crippen LogP contribution in [0.3, 0.4) is 0 Å². The second kappa shape index (κ2) is 5.67. The van der Waals surface area contributed by atoms with Crippen molar-refractivity contribution < 1.29 is 0 Å². The first-order valence-corrected chi connectivity index (χ1v) is 6.58. The molecule has 0 atom stereocenters. The molecule has 2 N–H and O–H groups in total. The van der Waals surface area contributed by atoms with E-state index in [1.54, 1.807) is 0 Å². The van der Waals surface area contributed by atoms with E-state index in [4.69, 9.17) is 0 Å². The lowest BCUT2D eigenvalue weighted by molar-refractivity contribution is 0.688. The average molecular weight is 251 g/mol. The summed E-state index contributed by atoms with van der Waals surface area (Å²) in [6.45, 7) is 1.86. The van der Waals surface area contributed by atoms with Gasteiger partial charge in [-0.1, -0.05) is 24.3 Å². The van der Waals surface area contributed by atoms with E-state index >= 15 is 0 Å². The molecule has 0 radical (unpaired) electrons. The number of aromatic nitrogens is 2. The maximum absolute atomic E-state index is 4.48. The highest BCUT2D eigenvalue weighted by Gasteiger charge is 2.01. The van der Waals surface area contributed by atoms with Gasteiger partial charge in [0.15, 0.2) is 0 Å². The van der Waals surface area contributed by atoms with Gasteiger partial charge in [-0.3, -0.25) is 4.98 Å². The molecule has 0 aliphatic rings. The van der Waals surface area contributed by atoms with E-state index in [1.165, 1.54) is 16.5 Å². The van der Waals surface area contributed by atoms with Crippen LogP contribution < -0.4 is 5.32 Å². The van der Waals surface area contributed by atoms with E-state index in [2.05, 4.69) is 45.6 Å². The van der Waals surface area contributed by atoms with Crippen LogP contribution in [0.15, 0.2) is 55.0 Å². The molecule has 2 heterocycles. The summed E-state index contributed by atoms with van der Waals surface area (Å²) in [6.07, 6.45) is 6.83. The minimum atomic E-state index is 0.904. The third-order valence-corrected chi connectivity index (χ3v) is 3.28. The smallest absolute Gasteiger partial charge is 0.0734 e. The van der Waals surface area contributed by atoms with Gasteiger partial charge in [-0.05, 0) is 36.2 Å². The van der Waals surface area contributed by atoms with Crippen LogP contribution in [0.4, 0.5) is 0 Å². The first-order chi connectivity index (χ1) is 9.43. The zero-order valence-electron chi connectivity index (χ0n) is 10.8. The summed E-state index contributed by atoms with van der Waals surface area (Å²) in [7, 11) is 0. The Balaban J connectivity index is 1.62. The Labute approximate surface area is 112 Å². The molecule has 0 spiro atoms. The molecule has 3 aromatic rings. The van der Waals surface area contributed by atoms with E-state index in [1.807, 2.05) is 24.7 Å². The van der Waals surface area contributed by atoms with Crippen molar-refractivity contribution in [2.45, 2.75) is 13.0 Å². The maximum atomic E-state index is 4.48. The van der Waals surface area contributed by atoms with Crippen LogP contribution in [0.5, 0.6) is 0 Å². The Kier molecular flexibility index (Phi) is 3.56. The van der Waals surface area contributed by atoms with E-state index in [0.29, 0.717) is 0 Å². The number of hydrogen-bond donors (Lipinski definition) is 2. The fourth-order valence-electron chi connectivity index (χ4n) is 2.29. The molecule has 0 unspecified atom stereocenters. The number of pyridine rings is 1. The molecule has 0 bridgehead atoms. The number of nitrogens with one attached hydrogen (secondary N) is 2. The summed E-state index contributed by atoms with van der Waals surface area (Å²) >= 11 is 0. The highest BCUT2D eigenvalue weighted by atomic mass is 14.9. The van der Waals surface area contributed by atoms with Crippen LogP contribution in [-0.2, 0) is 13.0 Å². The standard InChI is InChI=1S/C16H17N3/c1-3-14-5-2-8-19-16(14)15(4-1)7-10-18-12-13-6-9-17-11-13/h1-6,8-9,11,17-18H,7,10,12H2. The fraction of sp³-hybridized carbons (Fsp3) is 0.188. The Bertz CT molecular complexity index is 639. The predicted molar refractivity (Wildman–Crippen MR) is 77.9 cm³/mol. The second-order valence-corrected chi connectivity index (χ2v) is 4.64. The van der Waals surface area contributed by atoms with Crippen molar-refractivity contribution in [2.75, 3.05) is 6.54 Å². The normalized spacial score (nSPS) is 10.9. The molecule has 0 saturated carbocycles. The predicted octanol–water partition coefficient (Wildman–Crippen LogP) is 2.90. The number of nitrogens with zero attached hydrogens (tertiary/aromatic N) is 1. The summed E-state index contributed by atoms with van der Waals surface area (Å²) < 4.78 is 0. The van der Waals surface area contributed by atoms with Crippen LogP contribution in [0, 0.1) is 0 Å². The van der Waals surface area contributed by atoms with Gasteiger partial charge < -0.3 is 10.3 Å². The van der Waals surface area contributed by atoms with Gasteiger partial charge in [-0.2, -0.15) is 0 Å². The molecule has 3 rings (SSSR count). The van der Waals surface area contributed by atoms with Gasteiger partial charge >= 0.3 is 0 Å². The highest BCUT2D eigenvalue weighted by molar-refractivity contribution is 5.81. The van der Waals surface area contributed by atoms with Crippen molar-refractivity contribution in [1.82, 2.24) is 15.3 Å². The van der Waals surface area contributed by atoms with Gasteiger partial charge in [0.25, 0.3) is 0 Å². The molecule has 0 aliphatic heterocycles. The van der Waals surface area contributed by atoms with Crippen molar-refractivity contribution in [1.29, 1.82) is 0 Å². The molecule has 2 aromatic heterocycles. The summed E-state index contributed by atoms with van der Waals surface area (Å²) in [6, 6.07) is 12.6. The van der Waals surface area contributed by atoms with E-state index in [-0.39, 0.29) is 0 Å². The second-order valence-electron chi connectivity index (χ2n) is 4.64. The first kappa shape index (κ1) is 11.9. The van der Waals surface area contributed by atoms with E-state index < -0.39 is 0 Å². The van der Waals surface area contributed by atoms with E-state index in [9.17, 15) is 0 Å². The van der Waals surface area contributed by atoms with Crippen LogP contribution in [-0.4, -0.2) is 16.5 Å².